The van der Waals surface area contributed by atoms with Gasteiger partial charge in [-0.3, -0.25) is 0 Å². The number of aromatic nitrogens is 1. The Labute approximate surface area is 226 Å². The molecule has 37 heavy (non-hydrogen) atoms. The molecule has 0 saturated carbocycles. The standard InChI is InChI=1S/C34H44NOSi/c1-21-26-16-22(19-33(2,3)4)12-13-25(26)27(20-34(5,6)7)32-29(21)31-30-23(14-15-35(31)8)17-24(37(9,10)11)18-28(30)36-32/h12-18H,19-20H2,1-11H3/q+1/i13D. The van der Waals surface area contributed by atoms with E-state index in [4.69, 9.17) is 4.74 Å². The molecule has 0 N–H and O–H groups in total. The summed E-state index contributed by atoms with van der Waals surface area (Å²) < 4.78 is 18.5. The van der Waals surface area contributed by atoms with Crippen molar-refractivity contribution in [2.75, 3.05) is 0 Å². The summed E-state index contributed by atoms with van der Waals surface area (Å²) in [6.07, 6.45) is 3.99. The van der Waals surface area contributed by atoms with Crippen LogP contribution in [0.2, 0.25) is 19.6 Å². The summed E-state index contributed by atoms with van der Waals surface area (Å²) >= 11 is 0. The SMILES string of the molecule is [2H]c1cc(CC(C)(C)C)cc2c(C)c3c(c(CC(C)(C)C)c12)Oc1cc([Si](C)(C)C)cc2cc[n+](C)c-3c12. The van der Waals surface area contributed by atoms with Gasteiger partial charge in [0.25, 0.3) is 0 Å². The number of hydrogen-bond acceptors (Lipinski definition) is 1. The zero-order valence-electron chi connectivity index (χ0n) is 25.7. The van der Waals surface area contributed by atoms with E-state index in [1.807, 2.05) is 0 Å². The van der Waals surface area contributed by atoms with E-state index in [2.05, 4.69) is 116 Å². The molecule has 0 spiro atoms. The number of ether oxygens (including phenoxy) is 1. The first-order chi connectivity index (χ1) is 17.4. The molecule has 194 valence electrons. The third kappa shape index (κ3) is 4.72. The van der Waals surface area contributed by atoms with Crippen LogP contribution in [0.5, 0.6) is 11.5 Å². The molecule has 0 saturated heterocycles. The third-order valence-electron chi connectivity index (χ3n) is 7.54. The average molecular weight is 512 g/mol. The maximum atomic E-state index is 9.24. The van der Waals surface area contributed by atoms with Crippen LogP contribution in [0.3, 0.4) is 0 Å². The summed E-state index contributed by atoms with van der Waals surface area (Å²) in [5.41, 5.74) is 6.23. The summed E-state index contributed by atoms with van der Waals surface area (Å²) in [5.74, 6) is 1.91. The van der Waals surface area contributed by atoms with Gasteiger partial charge in [0.1, 0.15) is 18.5 Å². The first-order valence-corrected chi connectivity index (χ1v) is 17.2. The van der Waals surface area contributed by atoms with Gasteiger partial charge in [0.2, 0.25) is 5.69 Å². The number of hydrogen-bond donors (Lipinski definition) is 0. The molecule has 2 nitrogen and oxygen atoms in total. The molecule has 0 amide bonds. The second kappa shape index (κ2) is 8.43. The molecule has 3 heteroatoms. The minimum absolute atomic E-state index is 0.0461. The largest absolute Gasteiger partial charge is 0.455 e. The molecule has 3 aromatic carbocycles. The molecule has 2 heterocycles. The summed E-state index contributed by atoms with van der Waals surface area (Å²) in [5, 5.41) is 6.10. The van der Waals surface area contributed by atoms with Crippen LogP contribution in [-0.2, 0) is 19.9 Å². The van der Waals surface area contributed by atoms with E-state index in [1.54, 1.807) is 0 Å². The Kier molecular flexibility index (Phi) is 5.62. The van der Waals surface area contributed by atoms with Gasteiger partial charge in [0.15, 0.2) is 6.20 Å². The lowest BCUT2D eigenvalue weighted by atomic mass is 9.80. The van der Waals surface area contributed by atoms with Crippen molar-refractivity contribution in [1.82, 2.24) is 0 Å². The molecule has 5 rings (SSSR count). The average Bonchev–Trinajstić information content (AvgIpc) is 2.75. The molecule has 1 aliphatic heterocycles. The zero-order chi connectivity index (χ0) is 27.9. The first kappa shape index (κ1) is 24.7. The minimum atomic E-state index is -1.55. The Morgan fingerprint density at radius 3 is 2.22 bits per heavy atom. The maximum absolute atomic E-state index is 9.24. The fourth-order valence-corrected chi connectivity index (χ4v) is 7.01. The monoisotopic (exact) mass is 511 g/mol. The van der Waals surface area contributed by atoms with Crippen LogP contribution in [0.15, 0.2) is 42.6 Å². The van der Waals surface area contributed by atoms with Gasteiger partial charge < -0.3 is 4.74 Å². The van der Waals surface area contributed by atoms with Gasteiger partial charge in [-0.05, 0) is 63.9 Å². The van der Waals surface area contributed by atoms with Gasteiger partial charge in [-0.15, -0.1) is 0 Å². The van der Waals surface area contributed by atoms with Crippen molar-refractivity contribution in [3.63, 3.8) is 0 Å². The van der Waals surface area contributed by atoms with E-state index in [0.717, 1.165) is 29.7 Å². The zero-order valence-corrected chi connectivity index (χ0v) is 25.7. The van der Waals surface area contributed by atoms with Crippen molar-refractivity contribution in [2.45, 2.75) is 80.9 Å². The van der Waals surface area contributed by atoms with Crippen LogP contribution >= 0.6 is 0 Å². The second-order valence-corrected chi connectivity index (χ2v) is 19.7. The van der Waals surface area contributed by atoms with Crippen LogP contribution in [0.1, 0.15) is 59.6 Å². The van der Waals surface area contributed by atoms with Crippen molar-refractivity contribution in [2.24, 2.45) is 17.9 Å². The molecule has 0 radical (unpaired) electrons. The van der Waals surface area contributed by atoms with Gasteiger partial charge in [0, 0.05) is 11.6 Å². The van der Waals surface area contributed by atoms with Crippen molar-refractivity contribution in [3.8, 4) is 22.8 Å². The van der Waals surface area contributed by atoms with Crippen molar-refractivity contribution in [3.05, 3.63) is 59.3 Å². The van der Waals surface area contributed by atoms with Crippen molar-refractivity contribution >= 4 is 34.8 Å². The fourth-order valence-electron chi connectivity index (χ4n) is 5.86. The fraction of sp³-hybridized carbons (Fsp3) is 0.441. The van der Waals surface area contributed by atoms with Gasteiger partial charge in [-0.1, -0.05) is 90.6 Å². The predicted molar refractivity (Wildman–Crippen MR) is 162 cm³/mol. The number of pyridine rings is 1. The van der Waals surface area contributed by atoms with E-state index >= 15 is 0 Å². The lowest BCUT2D eigenvalue weighted by Gasteiger charge is -2.29. The van der Waals surface area contributed by atoms with Crippen LogP contribution < -0.4 is 14.5 Å². The van der Waals surface area contributed by atoms with E-state index in [1.165, 1.54) is 49.3 Å². The van der Waals surface area contributed by atoms with Gasteiger partial charge in [-0.25, -0.2) is 4.57 Å². The van der Waals surface area contributed by atoms with E-state index in [9.17, 15) is 1.37 Å². The third-order valence-corrected chi connectivity index (χ3v) is 9.56. The quantitative estimate of drug-likeness (QED) is 0.174. The molecule has 4 aromatic rings. The van der Waals surface area contributed by atoms with Crippen LogP contribution in [-0.4, -0.2) is 8.07 Å². The van der Waals surface area contributed by atoms with E-state index < -0.39 is 8.07 Å². The van der Waals surface area contributed by atoms with Gasteiger partial charge in [-0.2, -0.15) is 0 Å². The Hall–Kier alpha value is -2.65. The van der Waals surface area contributed by atoms with E-state index in [-0.39, 0.29) is 10.8 Å². The molecule has 0 unspecified atom stereocenters. The van der Waals surface area contributed by atoms with Crippen LogP contribution in [0, 0.1) is 17.8 Å². The first-order valence-electron chi connectivity index (χ1n) is 14.2. The lowest BCUT2D eigenvalue weighted by Crippen LogP contribution is -2.38. The Morgan fingerprint density at radius 1 is 0.919 bits per heavy atom. The normalized spacial score (nSPS) is 14.1. The molecule has 0 fully saturated rings. The van der Waals surface area contributed by atoms with Crippen molar-refractivity contribution in [1.29, 1.82) is 0 Å². The minimum Gasteiger partial charge on any atom is -0.455 e. The summed E-state index contributed by atoms with van der Waals surface area (Å²) in [6.45, 7) is 23.1. The Balaban J connectivity index is 1.94. The number of nitrogens with zero attached hydrogens (tertiary/aromatic N) is 1. The molecule has 0 aliphatic carbocycles. The summed E-state index contributed by atoms with van der Waals surface area (Å²) in [4.78, 5) is 0. The molecular weight excluding hydrogens is 466 g/mol. The molecule has 1 aliphatic rings. The predicted octanol–water partition coefficient (Wildman–Crippen LogP) is 8.62. The summed E-state index contributed by atoms with van der Waals surface area (Å²) in [7, 11) is 0.597. The summed E-state index contributed by atoms with van der Waals surface area (Å²) in [6, 6.07) is 12.0. The number of aryl methyl sites for hydroxylation is 2. The highest BCUT2D eigenvalue weighted by molar-refractivity contribution is 6.88. The lowest BCUT2D eigenvalue weighted by molar-refractivity contribution is -0.659. The maximum Gasteiger partial charge on any atom is 0.228 e. The van der Waals surface area contributed by atoms with Crippen molar-refractivity contribution < 1.29 is 10.7 Å². The topological polar surface area (TPSA) is 13.1 Å². The second-order valence-electron chi connectivity index (χ2n) is 14.6. The highest BCUT2D eigenvalue weighted by Gasteiger charge is 2.35. The Morgan fingerprint density at radius 2 is 1.59 bits per heavy atom. The number of rotatable bonds is 3. The molecule has 0 bridgehead atoms. The van der Waals surface area contributed by atoms with Gasteiger partial charge >= 0.3 is 0 Å². The highest BCUT2D eigenvalue weighted by Crippen LogP contribution is 2.51. The number of fused-ring (bicyclic) bond motifs is 3. The van der Waals surface area contributed by atoms with Crippen LogP contribution in [0.4, 0.5) is 0 Å². The van der Waals surface area contributed by atoms with Gasteiger partial charge in [0.05, 0.1) is 20.4 Å². The molecule has 0 atom stereocenters. The van der Waals surface area contributed by atoms with E-state index in [0.29, 0.717) is 6.04 Å². The number of benzene rings is 3. The molecule has 1 aromatic heterocycles. The smallest absolute Gasteiger partial charge is 0.228 e. The Bertz CT molecular complexity index is 1610. The highest BCUT2D eigenvalue weighted by atomic mass is 28.3. The van der Waals surface area contributed by atoms with Crippen LogP contribution in [0.25, 0.3) is 32.8 Å². The molecular formula is C34H44NOSi+.